The highest BCUT2D eigenvalue weighted by Crippen LogP contribution is 2.01. The van der Waals surface area contributed by atoms with Gasteiger partial charge in [-0.15, -0.1) is 0 Å². The molecule has 0 aliphatic carbocycles. The van der Waals surface area contributed by atoms with Crippen molar-refractivity contribution in [3.8, 4) is 0 Å². The Morgan fingerprint density at radius 3 is 2.68 bits per heavy atom. The van der Waals surface area contributed by atoms with E-state index in [1.54, 1.807) is 0 Å². The topological polar surface area (TPSA) is 76.6 Å². The molecule has 0 bridgehead atoms. The number of nitrogens with one attached hydrogen (secondary N) is 1. The average molecular weight is 268 g/mol. The van der Waals surface area contributed by atoms with Crippen molar-refractivity contribution in [2.45, 2.75) is 0 Å². The molecule has 106 valence electrons. The Morgan fingerprint density at radius 2 is 2.11 bits per heavy atom. The minimum absolute atomic E-state index is 0.190. The summed E-state index contributed by atoms with van der Waals surface area (Å²) >= 11 is 0. The van der Waals surface area contributed by atoms with Crippen LogP contribution >= 0.6 is 0 Å². The minimum Gasteiger partial charge on any atom is -0.464 e. The van der Waals surface area contributed by atoms with Gasteiger partial charge in [-0.2, -0.15) is 0 Å². The quantitative estimate of drug-likeness (QED) is 0.535. The standard InChI is InChI=1S/C12H20N4O3/c1-16(2)5-7-19-6-4-13-11-9-14-10(8-15-11)12(17)18-3/h8-9H,4-7H2,1-3H3,(H,13,15). The zero-order valence-electron chi connectivity index (χ0n) is 11.5. The third kappa shape index (κ3) is 6.12. The average Bonchev–Trinajstić information content (AvgIpc) is 2.42. The third-order valence-corrected chi connectivity index (χ3v) is 2.28. The van der Waals surface area contributed by atoms with E-state index in [1.165, 1.54) is 19.5 Å². The van der Waals surface area contributed by atoms with E-state index in [2.05, 4.69) is 24.9 Å². The van der Waals surface area contributed by atoms with Crippen molar-refractivity contribution >= 4 is 11.8 Å². The van der Waals surface area contributed by atoms with E-state index < -0.39 is 5.97 Å². The number of carbonyl (C=O) groups excluding carboxylic acids is 1. The number of hydrogen-bond acceptors (Lipinski definition) is 7. The fraction of sp³-hybridized carbons (Fsp3) is 0.583. The molecule has 1 heterocycles. The van der Waals surface area contributed by atoms with Gasteiger partial charge < -0.3 is 19.7 Å². The molecule has 0 radical (unpaired) electrons. The molecule has 0 fully saturated rings. The van der Waals surface area contributed by atoms with Gasteiger partial charge in [-0.05, 0) is 14.1 Å². The van der Waals surface area contributed by atoms with Gasteiger partial charge in [0.05, 0.1) is 32.7 Å². The summed E-state index contributed by atoms with van der Waals surface area (Å²) in [6.07, 6.45) is 2.87. The molecule has 1 N–H and O–H groups in total. The predicted molar refractivity (Wildman–Crippen MR) is 71.2 cm³/mol. The summed E-state index contributed by atoms with van der Waals surface area (Å²) in [5.74, 6) is 0.106. The van der Waals surface area contributed by atoms with Crippen LogP contribution < -0.4 is 5.32 Å². The third-order valence-electron chi connectivity index (χ3n) is 2.28. The summed E-state index contributed by atoms with van der Waals surface area (Å²) in [6, 6.07) is 0. The number of likely N-dealkylation sites (N-methyl/N-ethyl adjacent to an activating group) is 1. The van der Waals surface area contributed by atoms with E-state index in [1.807, 2.05) is 14.1 Å². The molecule has 1 aromatic heterocycles. The number of carbonyl (C=O) groups is 1. The molecule has 1 rings (SSSR count). The molecule has 7 nitrogen and oxygen atoms in total. The number of hydrogen-bond donors (Lipinski definition) is 1. The summed E-state index contributed by atoms with van der Waals surface area (Å²) < 4.78 is 9.95. The maximum atomic E-state index is 11.1. The SMILES string of the molecule is COC(=O)c1cnc(NCCOCCN(C)C)cn1. The van der Waals surface area contributed by atoms with E-state index in [9.17, 15) is 4.79 Å². The Hall–Kier alpha value is -1.73. The first-order valence-electron chi connectivity index (χ1n) is 6.00. The number of nitrogens with zero attached hydrogens (tertiary/aromatic N) is 3. The van der Waals surface area contributed by atoms with Crippen LogP contribution in [-0.2, 0) is 9.47 Å². The van der Waals surface area contributed by atoms with E-state index in [0.717, 1.165) is 6.54 Å². The Labute approximate surface area is 112 Å². The second-order valence-electron chi connectivity index (χ2n) is 4.12. The molecule has 0 amide bonds. The summed E-state index contributed by atoms with van der Waals surface area (Å²) in [6.45, 7) is 2.82. The van der Waals surface area contributed by atoms with Gasteiger partial charge in [0.1, 0.15) is 5.82 Å². The van der Waals surface area contributed by atoms with Gasteiger partial charge in [-0.1, -0.05) is 0 Å². The van der Waals surface area contributed by atoms with Crippen molar-refractivity contribution in [3.63, 3.8) is 0 Å². The Balaban J connectivity index is 2.21. The Bertz CT molecular complexity index is 381. The molecule has 0 unspecified atom stereocenters. The van der Waals surface area contributed by atoms with Gasteiger partial charge in [0, 0.05) is 13.1 Å². The van der Waals surface area contributed by atoms with Crippen molar-refractivity contribution < 1.29 is 14.3 Å². The van der Waals surface area contributed by atoms with E-state index >= 15 is 0 Å². The molecule has 1 aromatic rings. The number of ether oxygens (including phenoxy) is 2. The van der Waals surface area contributed by atoms with Crippen molar-refractivity contribution in [2.24, 2.45) is 0 Å². The lowest BCUT2D eigenvalue weighted by atomic mass is 10.4. The van der Waals surface area contributed by atoms with Gasteiger partial charge in [0.2, 0.25) is 0 Å². The maximum Gasteiger partial charge on any atom is 0.358 e. The van der Waals surface area contributed by atoms with Crippen LogP contribution in [0.4, 0.5) is 5.82 Å². The molecular weight excluding hydrogens is 248 g/mol. The number of methoxy groups -OCH3 is 1. The van der Waals surface area contributed by atoms with E-state index in [-0.39, 0.29) is 5.69 Å². The highest BCUT2D eigenvalue weighted by molar-refractivity contribution is 5.86. The van der Waals surface area contributed by atoms with Crippen molar-refractivity contribution in [1.29, 1.82) is 0 Å². The molecular formula is C12H20N4O3. The van der Waals surface area contributed by atoms with Crippen molar-refractivity contribution in [3.05, 3.63) is 18.1 Å². The summed E-state index contributed by atoms with van der Waals surface area (Å²) in [5.41, 5.74) is 0.190. The van der Waals surface area contributed by atoms with Gasteiger partial charge in [-0.3, -0.25) is 0 Å². The highest BCUT2D eigenvalue weighted by atomic mass is 16.5. The molecule has 0 atom stereocenters. The first-order chi connectivity index (χ1) is 9.13. The van der Waals surface area contributed by atoms with Gasteiger partial charge >= 0.3 is 5.97 Å². The lowest BCUT2D eigenvalue weighted by Crippen LogP contribution is -2.20. The smallest absolute Gasteiger partial charge is 0.358 e. The predicted octanol–water partition coefficient (Wildman–Crippen LogP) is 0.253. The molecule has 0 saturated carbocycles. The summed E-state index contributed by atoms with van der Waals surface area (Å²) in [4.78, 5) is 21.2. The Kier molecular flexibility index (Phi) is 6.76. The molecule has 7 heteroatoms. The summed E-state index contributed by atoms with van der Waals surface area (Å²) in [7, 11) is 5.31. The van der Waals surface area contributed by atoms with Gasteiger partial charge in [0.25, 0.3) is 0 Å². The molecule has 19 heavy (non-hydrogen) atoms. The molecule has 0 aliphatic heterocycles. The number of anilines is 1. The largest absolute Gasteiger partial charge is 0.464 e. The van der Waals surface area contributed by atoms with Crippen LogP contribution in [0.5, 0.6) is 0 Å². The number of esters is 1. The zero-order valence-corrected chi connectivity index (χ0v) is 11.5. The minimum atomic E-state index is -0.494. The normalized spacial score (nSPS) is 10.5. The van der Waals surface area contributed by atoms with Crippen LogP contribution in [0.3, 0.4) is 0 Å². The monoisotopic (exact) mass is 268 g/mol. The Morgan fingerprint density at radius 1 is 1.32 bits per heavy atom. The van der Waals surface area contributed by atoms with Crippen LogP contribution in [0, 0.1) is 0 Å². The van der Waals surface area contributed by atoms with Crippen LogP contribution in [0.2, 0.25) is 0 Å². The molecule has 0 aliphatic rings. The number of aromatic nitrogens is 2. The molecule has 0 aromatic carbocycles. The van der Waals surface area contributed by atoms with Crippen LogP contribution in [0.1, 0.15) is 10.5 Å². The van der Waals surface area contributed by atoms with Crippen LogP contribution in [-0.4, -0.2) is 68.3 Å². The lowest BCUT2D eigenvalue weighted by molar-refractivity contribution is 0.0593. The first kappa shape index (κ1) is 15.3. The fourth-order valence-electron chi connectivity index (χ4n) is 1.23. The zero-order chi connectivity index (χ0) is 14.1. The van der Waals surface area contributed by atoms with E-state index in [0.29, 0.717) is 25.6 Å². The van der Waals surface area contributed by atoms with Crippen LogP contribution in [0.25, 0.3) is 0 Å². The first-order valence-corrected chi connectivity index (χ1v) is 6.00. The number of rotatable bonds is 8. The molecule has 0 spiro atoms. The summed E-state index contributed by atoms with van der Waals surface area (Å²) in [5, 5.41) is 3.05. The van der Waals surface area contributed by atoms with Crippen LogP contribution in [0.15, 0.2) is 12.4 Å². The van der Waals surface area contributed by atoms with Gasteiger partial charge in [0.15, 0.2) is 5.69 Å². The van der Waals surface area contributed by atoms with Gasteiger partial charge in [-0.25, -0.2) is 14.8 Å². The van der Waals surface area contributed by atoms with Crippen molar-refractivity contribution in [1.82, 2.24) is 14.9 Å². The second kappa shape index (κ2) is 8.39. The van der Waals surface area contributed by atoms with E-state index in [4.69, 9.17) is 4.74 Å². The molecule has 0 saturated heterocycles. The lowest BCUT2D eigenvalue weighted by Gasteiger charge is -2.10. The second-order valence-corrected chi connectivity index (χ2v) is 4.12. The van der Waals surface area contributed by atoms with Crippen molar-refractivity contribution in [2.75, 3.05) is 52.8 Å². The highest BCUT2D eigenvalue weighted by Gasteiger charge is 2.06. The maximum absolute atomic E-state index is 11.1. The fourth-order valence-corrected chi connectivity index (χ4v) is 1.23.